The molecular weight excluding hydrogens is 252 g/mol. The maximum Gasteiger partial charge on any atom is -0.0144 e. The van der Waals surface area contributed by atoms with E-state index in [4.69, 9.17) is 0 Å². The van der Waals surface area contributed by atoms with Crippen molar-refractivity contribution in [3.8, 4) is 0 Å². The van der Waals surface area contributed by atoms with E-state index in [1.165, 1.54) is 38.5 Å². The maximum absolute atomic E-state index is 2.56. The molecule has 21 heavy (non-hydrogen) atoms. The van der Waals surface area contributed by atoms with Crippen molar-refractivity contribution in [2.75, 3.05) is 0 Å². The van der Waals surface area contributed by atoms with Gasteiger partial charge in [-0.1, -0.05) is 64.3 Å². The van der Waals surface area contributed by atoms with Crippen LogP contribution in [-0.4, -0.2) is 0 Å². The van der Waals surface area contributed by atoms with Gasteiger partial charge in [0.05, 0.1) is 0 Å². The molecule has 0 bridgehead atoms. The summed E-state index contributed by atoms with van der Waals surface area (Å²) in [6.45, 7) is 16.7. The molecule has 1 saturated carbocycles. The fraction of sp³-hybridized carbons (Fsp3) is 0.810. The Labute approximate surface area is 134 Å². The zero-order valence-electron chi connectivity index (χ0n) is 15.6. The molecule has 0 spiro atoms. The van der Waals surface area contributed by atoms with Crippen LogP contribution in [0.5, 0.6) is 0 Å². The molecule has 3 atom stereocenters. The Hall–Kier alpha value is -0.520. The Bertz CT molecular complexity index is 371. The summed E-state index contributed by atoms with van der Waals surface area (Å²) in [6.07, 6.45) is 12.8. The molecule has 0 aromatic rings. The molecule has 0 radical (unpaired) electrons. The van der Waals surface area contributed by atoms with E-state index >= 15 is 0 Å². The lowest BCUT2D eigenvalue weighted by molar-refractivity contribution is 0.0952. The lowest BCUT2D eigenvalue weighted by atomic mass is 9.58. The van der Waals surface area contributed by atoms with Crippen LogP contribution in [0.1, 0.15) is 87.0 Å². The van der Waals surface area contributed by atoms with Gasteiger partial charge in [0.25, 0.3) is 0 Å². The third-order valence-corrected chi connectivity index (χ3v) is 6.16. The molecule has 0 unspecified atom stereocenters. The monoisotopic (exact) mass is 290 g/mol. The molecule has 1 aliphatic rings. The van der Waals surface area contributed by atoms with E-state index < -0.39 is 0 Å². The first kappa shape index (κ1) is 18.5. The zero-order chi connectivity index (χ0) is 16.0. The molecule has 0 aromatic heterocycles. The van der Waals surface area contributed by atoms with Crippen molar-refractivity contribution in [1.29, 1.82) is 0 Å². The van der Waals surface area contributed by atoms with E-state index in [1.54, 1.807) is 11.1 Å². The highest BCUT2D eigenvalue weighted by Crippen LogP contribution is 2.50. The standard InChI is InChI=1S/C21H38/c1-8-11-17(5)14-15-21(7,16(3)4)20-13-10-12-18(6)19(20)9-2/h9,11,16,18,20H,8,10,12-15H2,1-7H3/b17-11+,19-9-/t18-,20-,21-/m1/s1. The van der Waals surface area contributed by atoms with Crippen molar-refractivity contribution in [3.05, 3.63) is 23.3 Å². The summed E-state index contributed by atoms with van der Waals surface area (Å²) < 4.78 is 0. The lowest BCUT2D eigenvalue weighted by Crippen LogP contribution is -2.37. The first-order valence-corrected chi connectivity index (χ1v) is 9.18. The van der Waals surface area contributed by atoms with Gasteiger partial charge >= 0.3 is 0 Å². The van der Waals surface area contributed by atoms with Gasteiger partial charge in [0.15, 0.2) is 0 Å². The molecule has 1 rings (SSSR count). The van der Waals surface area contributed by atoms with Crippen molar-refractivity contribution >= 4 is 0 Å². The van der Waals surface area contributed by atoms with E-state index in [-0.39, 0.29) is 0 Å². The van der Waals surface area contributed by atoms with Gasteiger partial charge < -0.3 is 0 Å². The van der Waals surface area contributed by atoms with E-state index in [1.807, 2.05) is 0 Å². The Balaban J connectivity index is 2.95. The molecular formula is C21H38. The van der Waals surface area contributed by atoms with Crippen LogP contribution < -0.4 is 0 Å². The number of allylic oxidation sites excluding steroid dienone is 4. The zero-order valence-corrected chi connectivity index (χ0v) is 15.6. The summed E-state index contributed by atoms with van der Waals surface area (Å²) in [4.78, 5) is 0. The predicted molar refractivity (Wildman–Crippen MR) is 96.5 cm³/mol. The average Bonchev–Trinajstić information content (AvgIpc) is 2.44. The van der Waals surface area contributed by atoms with E-state index in [9.17, 15) is 0 Å². The van der Waals surface area contributed by atoms with Crippen LogP contribution in [0.4, 0.5) is 0 Å². The third-order valence-electron chi connectivity index (χ3n) is 6.16. The van der Waals surface area contributed by atoms with Gasteiger partial charge in [-0.15, -0.1) is 0 Å². The highest BCUT2D eigenvalue weighted by molar-refractivity contribution is 5.16. The molecule has 0 nitrogen and oxygen atoms in total. The molecule has 1 fully saturated rings. The first-order chi connectivity index (χ1) is 9.86. The van der Waals surface area contributed by atoms with Crippen molar-refractivity contribution < 1.29 is 0 Å². The number of hydrogen-bond acceptors (Lipinski definition) is 0. The SMILES string of the molecule is C/C=C1/[C@H](C)CCC[C@H]1[C@](C)(CC/C(C)=C/CC)C(C)C. The Morgan fingerprint density at radius 1 is 1.33 bits per heavy atom. The third kappa shape index (κ3) is 4.47. The second-order valence-corrected chi connectivity index (χ2v) is 7.79. The highest BCUT2D eigenvalue weighted by Gasteiger charge is 2.40. The minimum absolute atomic E-state index is 0.444. The van der Waals surface area contributed by atoms with Gasteiger partial charge in [0.1, 0.15) is 0 Å². The Morgan fingerprint density at radius 2 is 2.00 bits per heavy atom. The van der Waals surface area contributed by atoms with Crippen LogP contribution in [0.25, 0.3) is 0 Å². The molecule has 1 aliphatic carbocycles. The second kappa shape index (κ2) is 8.20. The average molecular weight is 291 g/mol. The van der Waals surface area contributed by atoms with E-state index in [2.05, 4.69) is 60.6 Å². The Kier molecular flexibility index (Phi) is 7.24. The molecule has 122 valence electrons. The summed E-state index contributed by atoms with van der Waals surface area (Å²) in [6, 6.07) is 0. The summed E-state index contributed by atoms with van der Waals surface area (Å²) in [5.41, 5.74) is 3.77. The van der Waals surface area contributed by atoms with Gasteiger partial charge in [0.2, 0.25) is 0 Å². The van der Waals surface area contributed by atoms with Crippen LogP contribution in [0, 0.1) is 23.2 Å². The summed E-state index contributed by atoms with van der Waals surface area (Å²) in [5, 5.41) is 0. The van der Waals surface area contributed by atoms with Gasteiger partial charge in [-0.25, -0.2) is 0 Å². The van der Waals surface area contributed by atoms with Crippen LogP contribution in [0.3, 0.4) is 0 Å². The van der Waals surface area contributed by atoms with Gasteiger partial charge in [-0.2, -0.15) is 0 Å². The van der Waals surface area contributed by atoms with Crippen LogP contribution in [-0.2, 0) is 0 Å². The normalized spacial score (nSPS) is 29.0. The maximum atomic E-state index is 2.56. The summed E-state index contributed by atoms with van der Waals surface area (Å²) in [7, 11) is 0. The molecule has 0 heteroatoms. The number of rotatable bonds is 6. The molecule has 0 aromatic carbocycles. The molecule has 0 N–H and O–H groups in total. The van der Waals surface area contributed by atoms with Gasteiger partial charge in [0, 0.05) is 0 Å². The van der Waals surface area contributed by atoms with Crippen molar-refractivity contribution in [1.82, 2.24) is 0 Å². The summed E-state index contributed by atoms with van der Waals surface area (Å²) >= 11 is 0. The minimum Gasteiger partial charge on any atom is -0.0879 e. The topological polar surface area (TPSA) is 0 Å². The van der Waals surface area contributed by atoms with Crippen molar-refractivity contribution in [3.63, 3.8) is 0 Å². The fourth-order valence-corrected chi connectivity index (χ4v) is 4.28. The first-order valence-electron chi connectivity index (χ1n) is 9.18. The van der Waals surface area contributed by atoms with Crippen LogP contribution in [0.15, 0.2) is 23.3 Å². The second-order valence-electron chi connectivity index (χ2n) is 7.79. The fourth-order valence-electron chi connectivity index (χ4n) is 4.28. The smallest absolute Gasteiger partial charge is 0.0144 e. The predicted octanol–water partition coefficient (Wildman–Crippen LogP) is 7.17. The molecule has 0 aliphatic heterocycles. The molecule has 0 heterocycles. The summed E-state index contributed by atoms with van der Waals surface area (Å²) in [5.74, 6) is 2.33. The lowest BCUT2D eigenvalue weighted by Gasteiger charge is -2.47. The van der Waals surface area contributed by atoms with Gasteiger partial charge in [-0.3, -0.25) is 0 Å². The Morgan fingerprint density at radius 3 is 2.52 bits per heavy atom. The largest absolute Gasteiger partial charge is 0.0879 e. The highest BCUT2D eigenvalue weighted by atomic mass is 14.5. The van der Waals surface area contributed by atoms with Crippen molar-refractivity contribution in [2.45, 2.75) is 87.0 Å². The molecule has 0 saturated heterocycles. The van der Waals surface area contributed by atoms with Crippen molar-refractivity contribution in [2.24, 2.45) is 23.2 Å². The van der Waals surface area contributed by atoms with E-state index in [0.717, 1.165) is 17.8 Å². The quantitative estimate of drug-likeness (QED) is 0.455. The molecule has 0 amide bonds. The van der Waals surface area contributed by atoms with Crippen LogP contribution in [0.2, 0.25) is 0 Å². The van der Waals surface area contributed by atoms with E-state index in [0.29, 0.717) is 5.41 Å². The minimum atomic E-state index is 0.444. The van der Waals surface area contributed by atoms with Crippen LogP contribution >= 0.6 is 0 Å². The number of hydrogen-bond donors (Lipinski definition) is 0. The van der Waals surface area contributed by atoms with Gasteiger partial charge in [-0.05, 0) is 69.1 Å².